The lowest BCUT2D eigenvalue weighted by Gasteiger charge is -2.15. The Labute approximate surface area is 109 Å². The van der Waals surface area contributed by atoms with Crippen LogP contribution < -0.4 is 5.32 Å². The van der Waals surface area contributed by atoms with Crippen LogP contribution in [-0.4, -0.2) is 4.98 Å². The van der Waals surface area contributed by atoms with Crippen molar-refractivity contribution < 1.29 is 4.42 Å². The van der Waals surface area contributed by atoms with Gasteiger partial charge in [-0.3, -0.25) is 4.98 Å². The molecule has 0 fully saturated rings. The molecule has 90 valence electrons. The first kappa shape index (κ1) is 12.2. The number of hydrogen-bond donors (Lipinski definition) is 1. The molecule has 4 heteroatoms. The Hall–Kier alpha value is -1.29. The van der Waals surface area contributed by atoms with Gasteiger partial charge < -0.3 is 9.73 Å². The molecule has 0 saturated carbocycles. The molecule has 1 N–H and O–H groups in total. The molecular weight excluding hydrogens is 280 g/mol. The number of hydrogen-bond acceptors (Lipinski definition) is 3. The fraction of sp³-hybridized carbons (Fsp3) is 0.308. The summed E-state index contributed by atoms with van der Waals surface area (Å²) >= 11 is 3.47. The van der Waals surface area contributed by atoms with Crippen LogP contribution in [-0.2, 0) is 0 Å². The maximum absolute atomic E-state index is 5.54. The second-order valence-corrected chi connectivity index (χ2v) is 4.94. The van der Waals surface area contributed by atoms with E-state index in [1.54, 1.807) is 12.4 Å². The average molecular weight is 295 g/mol. The zero-order valence-corrected chi connectivity index (χ0v) is 11.7. The van der Waals surface area contributed by atoms with Crippen molar-refractivity contribution in [3.8, 4) is 0 Å². The zero-order chi connectivity index (χ0) is 12.4. The molecule has 2 rings (SSSR count). The highest BCUT2D eigenvalue weighted by molar-refractivity contribution is 9.10. The first-order chi connectivity index (χ1) is 8.08. The van der Waals surface area contributed by atoms with Crippen LogP contribution in [0.25, 0.3) is 0 Å². The summed E-state index contributed by atoms with van der Waals surface area (Å²) in [4.78, 5) is 4.04. The van der Waals surface area contributed by atoms with Crippen molar-refractivity contribution in [1.82, 2.24) is 4.98 Å². The highest BCUT2D eigenvalue weighted by Crippen LogP contribution is 2.28. The third kappa shape index (κ3) is 2.69. The predicted molar refractivity (Wildman–Crippen MR) is 72.2 cm³/mol. The molecule has 2 aromatic rings. The van der Waals surface area contributed by atoms with Crippen molar-refractivity contribution in [3.63, 3.8) is 0 Å². The Morgan fingerprint density at radius 3 is 2.76 bits per heavy atom. The fourth-order valence-electron chi connectivity index (χ4n) is 1.88. The van der Waals surface area contributed by atoms with Gasteiger partial charge in [0.05, 0.1) is 16.2 Å². The van der Waals surface area contributed by atoms with Crippen molar-refractivity contribution >= 4 is 21.6 Å². The largest absolute Gasteiger partial charge is 0.466 e. The first-order valence-corrected chi connectivity index (χ1v) is 6.30. The molecule has 3 nitrogen and oxygen atoms in total. The molecule has 0 aliphatic rings. The van der Waals surface area contributed by atoms with Gasteiger partial charge in [-0.2, -0.15) is 0 Å². The molecule has 0 amide bonds. The molecule has 0 radical (unpaired) electrons. The van der Waals surface area contributed by atoms with E-state index in [-0.39, 0.29) is 6.04 Å². The average Bonchev–Trinajstić information content (AvgIpc) is 2.61. The van der Waals surface area contributed by atoms with E-state index in [1.165, 1.54) is 5.56 Å². The molecule has 17 heavy (non-hydrogen) atoms. The summed E-state index contributed by atoms with van der Waals surface area (Å²) in [6.07, 6.45) is 3.55. The minimum atomic E-state index is 0.200. The molecule has 0 aromatic carbocycles. The summed E-state index contributed by atoms with van der Waals surface area (Å²) in [6, 6.07) is 4.22. The van der Waals surface area contributed by atoms with Crippen LogP contribution in [0.15, 0.2) is 33.4 Å². The van der Waals surface area contributed by atoms with Crippen LogP contribution in [0.2, 0.25) is 0 Å². The van der Waals surface area contributed by atoms with Gasteiger partial charge in [-0.1, -0.05) is 0 Å². The highest BCUT2D eigenvalue weighted by Gasteiger charge is 2.13. The van der Waals surface area contributed by atoms with Gasteiger partial charge in [0, 0.05) is 18.0 Å². The molecule has 2 heterocycles. The number of halogens is 1. The summed E-state index contributed by atoms with van der Waals surface area (Å²) in [5, 5.41) is 3.43. The summed E-state index contributed by atoms with van der Waals surface area (Å²) in [7, 11) is 0. The van der Waals surface area contributed by atoms with E-state index in [0.717, 1.165) is 21.7 Å². The monoisotopic (exact) mass is 294 g/mol. The minimum Gasteiger partial charge on any atom is -0.466 e. The molecule has 1 unspecified atom stereocenters. The van der Waals surface area contributed by atoms with E-state index >= 15 is 0 Å². The van der Waals surface area contributed by atoms with Gasteiger partial charge in [0.1, 0.15) is 11.5 Å². The van der Waals surface area contributed by atoms with Crippen LogP contribution in [0.1, 0.15) is 30.0 Å². The number of furan rings is 1. The fourth-order valence-corrected chi connectivity index (χ4v) is 2.25. The number of anilines is 1. The van der Waals surface area contributed by atoms with E-state index in [1.807, 2.05) is 19.9 Å². The number of rotatable bonds is 3. The summed E-state index contributed by atoms with van der Waals surface area (Å²) in [5.74, 6) is 1.91. The lowest BCUT2D eigenvalue weighted by atomic mass is 10.1. The van der Waals surface area contributed by atoms with Crippen LogP contribution in [0.4, 0.5) is 5.69 Å². The van der Waals surface area contributed by atoms with Crippen LogP contribution in [0, 0.1) is 13.8 Å². The third-order valence-corrected chi connectivity index (χ3v) is 3.32. The maximum Gasteiger partial charge on any atom is 0.106 e. The number of pyridine rings is 1. The molecule has 0 bridgehead atoms. The van der Waals surface area contributed by atoms with Crippen LogP contribution in [0.3, 0.4) is 0 Å². The zero-order valence-electron chi connectivity index (χ0n) is 10.1. The van der Waals surface area contributed by atoms with Gasteiger partial charge in [0.15, 0.2) is 0 Å². The van der Waals surface area contributed by atoms with Crippen molar-refractivity contribution in [2.45, 2.75) is 26.8 Å². The number of aromatic nitrogens is 1. The van der Waals surface area contributed by atoms with Crippen molar-refractivity contribution in [2.24, 2.45) is 0 Å². The van der Waals surface area contributed by atoms with Crippen LogP contribution in [0.5, 0.6) is 0 Å². The molecule has 0 saturated heterocycles. The second kappa shape index (κ2) is 4.92. The normalized spacial score (nSPS) is 12.5. The first-order valence-electron chi connectivity index (χ1n) is 5.51. The number of aryl methyl sites for hydroxylation is 2. The lowest BCUT2D eigenvalue weighted by molar-refractivity contribution is 0.500. The van der Waals surface area contributed by atoms with Crippen molar-refractivity contribution in [1.29, 1.82) is 0 Å². The van der Waals surface area contributed by atoms with Gasteiger partial charge in [0.2, 0.25) is 0 Å². The summed E-state index contributed by atoms with van der Waals surface area (Å²) in [5.41, 5.74) is 2.22. The number of nitrogens with one attached hydrogen (secondary N) is 1. The van der Waals surface area contributed by atoms with Crippen molar-refractivity contribution in [2.75, 3.05) is 5.32 Å². The smallest absolute Gasteiger partial charge is 0.106 e. The Balaban J connectivity index is 2.20. The van der Waals surface area contributed by atoms with Gasteiger partial charge >= 0.3 is 0 Å². The van der Waals surface area contributed by atoms with Gasteiger partial charge in [-0.25, -0.2) is 0 Å². The van der Waals surface area contributed by atoms with Crippen molar-refractivity contribution in [3.05, 3.63) is 46.1 Å². The Morgan fingerprint density at radius 1 is 1.41 bits per heavy atom. The minimum absolute atomic E-state index is 0.200. The maximum atomic E-state index is 5.54. The molecule has 0 aliphatic heterocycles. The summed E-state index contributed by atoms with van der Waals surface area (Å²) in [6.45, 7) is 6.07. The SMILES string of the molecule is Cc1cc(C(C)Nc2ccncc2Br)c(C)o1. The van der Waals surface area contributed by atoms with Gasteiger partial charge in [-0.05, 0) is 48.8 Å². The number of nitrogens with zero attached hydrogens (tertiary/aromatic N) is 1. The predicted octanol–water partition coefficient (Wildman–Crippen LogP) is 4.23. The molecule has 2 aromatic heterocycles. The standard InChI is InChI=1S/C13H15BrN2O/c1-8-6-11(10(3)17-8)9(2)16-13-4-5-15-7-12(13)14/h4-7,9H,1-3H3,(H,15,16). The molecular formula is C13H15BrN2O. The van der Waals surface area contributed by atoms with Crippen LogP contribution >= 0.6 is 15.9 Å². The molecule has 0 aliphatic carbocycles. The quantitative estimate of drug-likeness (QED) is 0.921. The van der Waals surface area contributed by atoms with E-state index in [2.05, 4.69) is 39.2 Å². The topological polar surface area (TPSA) is 38.1 Å². The Morgan fingerprint density at radius 2 is 2.18 bits per heavy atom. The van der Waals surface area contributed by atoms with E-state index < -0.39 is 0 Å². The van der Waals surface area contributed by atoms with E-state index in [4.69, 9.17) is 4.42 Å². The molecule has 1 atom stereocenters. The van der Waals surface area contributed by atoms with Gasteiger partial charge in [-0.15, -0.1) is 0 Å². The Kier molecular flexibility index (Phi) is 3.52. The Bertz CT molecular complexity index is 522. The lowest BCUT2D eigenvalue weighted by Crippen LogP contribution is -2.07. The summed E-state index contributed by atoms with van der Waals surface area (Å²) < 4.78 is 6.50. The molecule has 0 spiro atoms. The second-order valence-electron chi connectivity index (χ2n) is 4.09. The van der Waals surface area contributed by atoms with E-state index in [0.29, 0.717) is 0 Å². The van der Waals surface area contributed by atoms with E-state index in [9.17, 15) is 0 Å². The third-order valence-electron chi connectivity index (χ3n) is 2.69. The highest BCUT2D eigenvalue weighted by atomic mass is 79.9. The van der Waals surface area contributed by atoms with Gasteiger partial charge in [0.25, 0.3) is 0 Å².